The van der Waals surface area contributed by atoms with E-state index in [-0.39, 0.29) is 0 Å². The van der Waals surface area contributed by atoms with Gasteiger partial charge in [0.25, 0.3) is 0 Å². The molecule has 13 heavy (non-hydrogen) atoms. The minimum atomic E-state index is 0.979. The van der Waals surface area contributed by atoms with Crippen LogP contribution in [0.25, 0.3) is 0 Å². The van der Waals surface area contributed by atoms with Crippen molar-refractivity contribution in [3.05, 3.63) is 13.3 Å². The van der Waals surface area contributed by atoms with Crippen molar-refractivity contribution in [2.24, 2.45) is 5.92 Å². The zero-order chi connectivity index (χ0) is 9.36. The fourth-order valence-electron chi connectivity index (χ4n) is 2.22. The van der Waals surface area contributed by atoms with Gasteiger partial charge in [-0.2, -0.15) is 0 Å². The summed E-state index contributed by atoms with van der Waals surface area (Å²) in [6.07, 6.45) is 16.5. The van der Waals surface area contributed by atoms with Gasteiger partial charge in [-0.3, -0.25) is 0 Å². The van der Waals surface area contributed by atoms with Gasteiger partial charge in [-0.1, -0.05) is 64.7 Å². The fourth-order valence-corrected chi connectivity index (χ4v) is 2.22. The van der Waals surface area contributed by atoms with Crippen molar-refractivity contribution in [3.8, 4) is 0 Å². The van der Waals surface area contributed by atoms with Crippen LogP contribution < -0.4 is 0 Å². The third-order valence-electron chi connectivity index (χ3n) is 3.10. The molecule has 0 aromatic heterocycles. The summed E-state index contributed by atoms with van der Waals surface area (Å²) >= 11 is 0. The van der Waals surface area contributed by atoms with Crippen LogP contribution in [0.15, 0.2) is 0 Å². The van der Waals surface area contributed by atoms with Gasteiger partial charge in [0, 0.05) is 0 Å². The predicted octanol–water partition coefficient (Wildman–Crippen LogP) is 4.56. The largest absolute Gasteiger partial charge is 0.0533 e. The lowest BCUT2D eigenvalue weighted by Gasteiger charge is -2.07. The van der Waals surface area contributed by atoms with E-state index in [1.807, 2.05) is 0 Å². The van der Waals surface area contributed by atoms with Crippen molar-refractivity contribution < 1.29 is 0 Å². The van der Waals surface area contributed by atoms with Crippen molar-refractivity contribution in [1.82, 2.24) is 0 Å². The second kappa shape index (κ2) is 7.41. The molecule has 2 radical (unpaired) electrons. The van der Waals surface area contributed by atoms with Crippen molar-refractivity contribution in [3.63, 3.8) is 0 Å². The van der Waals surface area contributed by atoms with Crippen molar-refractivity contribution in [2.45, 2.75) is 64.2 Å². The first-order valence-corrected chi connectivity index (χ1v) is 6.06. The fraction of sp³-hybridized carbons (Fsp3) is 0.846. The smallest absolute Gasteiger partial charge is 0.0355 e. The highest BCUT2D eigenvalue weighted by Crippen LogP contribution is 2.28. The maximum Gasteiger partial charge on any atom is -0.0355 e. The standard InChI is InChI=1S/C13H24/c1-2-3-4-5-6-7-10-13-11-8-9-12-13/h10,13H,1-9,11-12H2. The Bertz CT molecular complexity index is 101. The zero-order valence-corrected chi connectivity index (χ0v) is 8.93. The molecule has 0 aromatic rings. The summed E-state index contributed by atoms with van der Waals surface area (Å²) in [5, 5.41) is 0. The van der Waals surface area contributed by atoms with E-state index < -0.39 is 0 Å². The van der Waals surface area contributed by atoms with Crippen molar-refractivity contribution >= 4 is 0 Å². The van der Waals surface area contributed by atoms with Crippen LogP contribution in [0, 0.1) is 19.3 Å². The third-order valence-corrected chi connectivity index (χ3v) is 3.10. The van der Waals surface area contributed by atoms with Gasteiger partial charge >= 0.3 is 0 Å². The molecule has 1 aliphatic rings. The molecular weight excluding hydrogens is 156 g/mol. The van der Waals surface area contributed by atoms with Crippen LogP contribution in [-0.4, -0.2) is 0 Å². The molecule has 0 nitrogen and oxygen atoms in total. The molecule has 0 saturated heterocycles. The average Bonchev–Trinajstić information content (AvgIpc) is 2.63. The van der Waals surface area contributed by atoms with E-state index >= 15 is 0 Å². The molecule has 0 heterocycles. The molecule has 0 amide bonds. The summed E-state index contributed by atoms with van der Waals surface area (Å²) in [6, 6.07) is 0. The summed E-state index contributed by atoms with van der Waals surface area (Å²) in [4.78, 5) is 0. The highest BCUT2D eigenvalue weighted by Gasteiger charge is 2.13. The molecule has 1 aliphatic carbocycles. The van der Waals surface area contributed by atoms with Crippen LogP contribution in [0.3, 0.4) is 0 Å². The van der Waals surface area contributed by atoms with Gasteiger partial charge in [-0.05, 0) is 18.8 Å². The monoisotopic (exact) mass is 180 g/mol. The van der Waals surface area contributed by atoms with E-state index in [9.17, 15) is 0 Å². The van der Waals surface area contributed by atoms with E-state index in [0.29, 0.717) is 0 Å². The Morgan fingerprint density at radius 2 is 1.69 bits per heavy atom. The SMILES string of the molecule is [CH2]CCCCCC[CH]C1CCCC1. The van der Waals surface area contributed by atoms with Gasteiger partial charge in [0.05, 0.1) is 0 Å². The third kappa shape index (κ3) is 5.33. The minimum absolute atomic E-state index is 0.979. The highest BCUT2D eigenvalue weighted by molar-refractivity contribution is 4.80. The van der Waals surface area contributed by atoms with E-state index in [0.717, 1.165) is 12.3 Å². The van der Waals surface area contributed by atoms with Gasteiger partial charge in [0.15, 0.2) is 0 Å². The van der Waals surface area contributed by atoms with Crippen LogP contribution in [0.4, 0.5) is 0 Å². The topological polar surface area (TPSA) is 0 Å². The van der Waals surface area contributed by atoms with Crippen LogP contribution in [0.1, 0.15) is 64.2 Å². The summed E-state index contributed by atoms with van der Waals surface area (Å²) in [6.45, 7) is 3.86. The molecule has 0 bridgehead atoms. The lowest BCUT2D eigenvalue weighted by atomic mass is 9.99. The molecule has 0 aliphatic heterocycles. The van der Waals surface area contributed by atoms with Gasteiger partial charge in [-0.25, -0.2) is 0 Å². The molecule has 1 saturated carbocycles. The Balaban J connectivity index is 1.78. The van der Waals surface area contributed by atoms with Crippen LogP contribution in [-0.2, 0) is 0 Å². The lowest BCUT2D eigenvalue weighted by molar-refractivity contribution is 0.566. The van der Waals surface area contributed by atoms with Crippen molar-refractivity contribution in [2.75, 3.05) is 0 Å². The van der Waals surface area contributed by atoms with Gasteiger partial charge in [0.2, 0.25) is 0 Å². The maximum absolute atomic E-state index is 3.86. The second-order valence-electron chi connectivity index (χ2n) is 4.34. The average molecular weight is 180 g/mol. The zero-order valence-electron chi connectivity index (χ0n) is 8.93. The first-order chi connectivity index (χ1) is 6.43. The molecular formula is C13H24. The summed E-state index contributed by atoms with van der Waals surface area (Å²) in [5.41, 5.74) is 0. The number of rotatable bonds is 7. The van der Waals surface area contributed by atoms with E-state index in [1.54, 1.807) is 0 Å². The summed E-state index contributed by atoms with van der Waals surface area (Å²) < 4.78 is 0. The number of unbranched alkanes of at least 4 members (excludes halogenated alkanes) is 5. The van der Waals surface area contributed by atoms with Gasteiger partial charge < -0.3 is 0 Å². The number of hydrogen-bond acceptors (Lipinski definition) is 0. The Morgan fingerprint density at radius 3 is 2.38 bits per heavy atom. The number of hydrogen-bond donors (Lipinski definition) is 0. The minimum Gasteiger partial charge on any atom is -0.0533 e. The lowest BCUT2D eigenvalue weighted by Crippen LogP contribution is -1.93. The Labute approximate surface area is 84.1 Å². The molecule has 0 unspecified atom stereocenters. The predicted molar refractivity (Wildman–Crippen MR) is 59.3 cm³/mol. The Hall–Kier alpha value is 0. The van der Waals surface area contributed by atoms with Crippen LogP contribution in [0.5, 0.6) is 0 Å². The van der Waals surface area contributed by atoms with E-state index in [4.69, 9.17) is 0 Å². The molecule has 0 heteroatoms. The van der Waals surface area contributed by atoms with Crippen LogP contribution >= 0.6 is 0 Å². The normalized spacial score (nSPS) is 18.2. The summed E-state index contributed by atoms with van der Waals surface area (Å²) in [7, 11) is 0. The highest BCUT2D eigenvalue weighted by atomic mass is 14.2. The molecule has 0 aromatic carbocycles. The molecule has 0 N–H and O–H groups in total. The summed E-state index contributed by atoms with van der Waals surface area (Å²) in [5.74, 6) is 0.979. The molecule has 1 fully saturated rings. The first-order valence-electron chi connectivity index (χ1n) is 6.06. The first kappa shape index (κ1) is 11.1. The van der Waals surface area contributed by atoms with Crippen LogP contribution in [0.2, 0.25) is 0 Å². The van der Waals surface area contributed by atoms with E-state index in [1.165, 1.54) is 57.8 Å². The maximum atomic E-state index is 3.86. The molecule has 76 valence electrons. The van der Waals surface area contributed by atoms with Gasteiger partial charge in [-0.15, -0.1) is 0 Å². The quantitative estimate of drug-likeness (QED) is 0.504. The van der Waals surface area contributed by atoms with E-state index in [2.05, 4.69) is 13.3 Å². The Morgan fingerprint density at radius 1 is 1.00 bits per heavy atom. The second-order valence-corrected chi connectivity index (χ2v) is 4.34. The van der Waals surface area contributed by atoms with Crippen molar-refractivity contribution in [1.29, 1.82) is 0 Å². The van der Waals surface area contributed by atoms with Gasteiger partial charge in [0.1, 0.15) is 0 Å². The molecule has 0 spiro atoms. The molecule has 1 rings (SSSR count). The molecule has 0 atom stereocenters. The Kier molecular flexibility index (Phi) is 6.31.